The molecule has 25 heavy (non-hydrogen) atoms. The minimum absolute atomic E-state index is 0.146. The van der Waals surface area contributed by atoms with Crippen LogP contribution >= 0.6 is 0 Å². The number of nitrogens with zero attached hydrogens (tertiary/aromatic N) is 1. The number of carbonyl (C=O) groups excluding carboxylic acids is 1. The van der Waals surface area contributed by atoms with Crippen LogP contribution in [0.25, 0.3) is 0 Å². The first kappa shape index (κ1) is 16.5. The lowest BCUT2D eigenvalue weighted by molar-refractivity contribution is 0.102. The number of benzene rings is 2. The zero-order valence-corrected chi connectivity index (χ0v) is 12.8. The highest BCUT2D eigenvalue weighted by Crippen LogP contribution is 2.19. The number of amides is 1. The van der Waals surface area contributed by atoms with Crippen molar-refractivity contribution in [1.82, 2.24) is 4.98 Å². The Hall–Kier alpha value is -3.35. The lowest BCUT2D eigenvalue weighted by Crippen LogP contribution is -2.16. The van der Waals surface area contributed by atoms with E-state index in [1.807, 2.05) is 30.3 Å². The number of anilines is 3. The van der Waals surface area contributed by atoms with Crippen molar-refractivity contribution in [3.63, 3.8) is 0 Å². The van der Waals surface area contributed by atoms with Crippen LogP contribution in [0.4, 0.5) is 30.4 Å². The minimum atomic E-state index is -1.69. The maximum atomic E-state index is 13.6. The van der Waals surface area contributed by atoms with Crippen LogP contribution in [-0.2, 0) is 0 Å². The molecule has 1 aromatic heterocycles. The van der Waals surface area contributed by atoms with Crippen LogP contribution in [-0.4, -0.2) is 10.9 Å². The fourth-order valence-electron chi connectivity index (χ4n) is 2.11. The van der Waals surface area contributed by atoms with Crippen LogP contribution in [0.5, 0.6) is 0 Å². The van der Waals surface area contributed by atoms with Crippen LogP contribution < -0.4 is 10.6 Å². The lowest BCUT2D eigenvalue weighted by Gasteiger charge is -2.08. The molecule has 1 amide bonds. The van der Waals surface area contributed by atoms with Gasteiger partial charge in [-0.25, -0.2) is 18.2 Å². The van der Waals surface area contributed by atoms with Gasteiger partial charge < -0.3 is 10.6 Å². The van der Waals surface area contributed by atoms with Crippen molar-refractivity contribution >= 4 is 23.1 Å². The summed E-state index contributed by atoms with van der Waals surface area (Å²) in [7, 11) is 0. The molecule has 0 fully saturated rings. The number of rotatable bonds is 4. The predicted molar refractivity (Wildman–Crippen MR) is 88.2 cm³/mol. The second kappa shape index (κ2) is 7.04. The zero-order valence-electron chi connectivity index (χ0n) is 12.8. The van der Waals surface area contributed by atoms with Gasteiger partial charge in [0.25, 0.3) is 5.91 Å². The van der Waals surface area contributed by atoms with Crippen molar-refractivity contribution in [1.29, 1.82) is 0 Å². The van der Waals surface area contributed by atoms with Crippen LogP contribution in [0.1, 0.15) is 10.4 Å². The summed E-state index contributed by atoms with van der Waals surface area (Å²) < 4.78 is 39.7. The Morgan fingerprint density at radius 1 is 0.840 bits per heavy atom. The van der Waals surface area contributed by atoms with E-state index in [9.17, 15) is 18.0 Å². The number of aromatic nitrogens is 1. The molecule has 0 saturated carbocycles. The van der Waals surface area contributed by atoms with Gasteiger partial charge in [0.15, 0.2) is 17.5 Å². The molecular weight excluding hydrogens is 331 g/mol. The molecule has 0 spiro atoms. The number of nitrogens with one attached hydrogen (secondary N) is 2. The van der Waals surface area contributed by atoms with E-state index in [-0.39, 0.29) is 5.82 Å². The summed E-state index contributed by atoms with van der Waals surface area (Å²) in [6.45, 7) is 0. The van der Waals surface area contributed by atoms with E-state index in [0.717, 1.165) is 11.8 Å². The Balaban J connectivity index is 1.71. The summed E-state index contributed by atoms with van der Waals surface area (Å²) in [5.41, 5.74) is 0.945. The summed E-state index contributed by atoms with van der Waals surface area (Å²) in [4.78, 5) is 16.0. The van der Waals surface area contributed by atoms with Gasteiger partial charge in [0.05, 0.1) is 17.4 Å². The second-order valence-corrected chi connectivity index (χ2v) is 5.10. The van der Waals surface area contributed by atoms with Crippen LogP contribution in [0.2, 0.25) is 0 Å². The molecule has 4 nitrogen and oxygen atoms in total. The standard InChI is InChI=1S/C18H12F3N3O/c19-14-8-7-13(16(20)17(14)21)18(25)24-15-9-6-12(10-22-15)23-11-4-2-1-3-5-11/h1-10,23H,(H,22,24,25). The number of halogens is 3. The lowest BCUT2D eigenvalue weighted by atomic mass is 10.2. The molecule has 2 aromatic carbocycles. The van der Waals surface area contributed by atoms with Crippen LogP contribution in [0.3, 0.4) is 0 Å². The molecule has 2 N–H and O–H groups in total. The van der Waals surface area contributed by atoms with Gasteiger partial charge in [0.2, 0.25) is 0 Å². The molecule has 0 aliphatic rings. The van der Waals surface area contributed by atoms with Crippen molar-refractivity contribution in [3.8, 4) is 0 Å². The fourth-order valence-corrected chi connectivity index (χ4v) is 2.11. The first-order valence-corrected chi connectivity index (χ1v) is 7.27. The normalized spacial score (nSPS) is 10.4. The molecular formula is C18H12F3N3O. The summed E-state index contributed by atoms with van der Waals surface area (Å²) in [6.07, 6.45) is 1.48. The van der Waals surface area contributed by atoms with Crippen LogP contribution in [0.15, 0.2) is 60.8 Å². The first-order valence-electron chi connectivity index (χ1n) is 7.27. The van der Waals surface area contributed by atoms with Crippen molar-refractivity contribution in [3.05, 3.63) is 83.8 Å². The van der Waals surface area contributed by atoms with Gasteiger partial charge in [0.1, 0.15) is 5.82 Å². The molecule has 7 heteroatoms. The number of para-hydroxylation sites is 1. The Bertz CT molecular complexity index is 899. The van der Waals surface area contributed by atoms with Crippen molar-refractivity contribution in [2.45, 2.75) is 0 Å². The van der Waals surface area contributed by atoms with E-state index in [4.69, 9.17) is 0 Å². The SMILES string of the molecule is O=C(Nc1ccc(Nc2ccccc2)cn1)c1ccc(F)c(F)c1F. The van der Waals surface area contributed by atoms with Gasteiger partial charge in [-0.1, -0.05) is 18.2 Å². The van der Waals surface area contributed by atoms with E-state index in [1.165, 1.54) is 12.3 Å². The van der Waals surface area contributed by atoms with Crippen molar-refractivity contribution in [2.75, 3.05) is 10.6 Å². The maximum Gasteiger partial charge on any atom is 0.259 e. The van der Waals surface area contributed by atoms with Crippen molar-refractivity contribution in [2.24, 2.45) is 0 Å². The summed E-state index contributed by atoms with van der Waals surface area (Å²) in [5, 5.41) is 5.44. The van der Waals surface area contributed by atoms with E-state index >= 15 is 0 Å². The van der Waals surface area contributed by atoms with Gasteiger partial charge in [-0.05, 0) is 36.4 Å². The second-order valence-electron chi connectivity index (χ2n) is 5.10. The quantitative estimate of drug-likeness (QED) is 0.686. The van der Waals surface area contributed by atoms with Gasteiger partial charge in [-0.2, -0.15) is 0 Å². The Morgan fingerprint density at radius 2 is 1.60 bits per heavy atom. The van der Waals surface area contributed by atoms with Crippen LogP contribution in [0, 0.1) is 17.5 Å². The molecule has 126 valence electrons. The molecule has 0 radical (unpaired) electrons. The van der Waals surface area contributed by atoms with E-state index in [2.05, 4.69) is 15.6 Å². The molecule has 0 atom stereocenters. The van der Waals surface area contributed by atoms with Crippen molar-refractivity contribution < 1.29 is 18.0 Å². The topological polar surface area (TPSA) is 54.0 Å². The largest absolute Gasteiger partial charge is 0.354 e. The third kappa shape index (κ3) is 3.77. The maximum absolute atomic E-state index is 13.6. The van der Waals surface area contributed by atoms with Gasteiger partial charge >= 0.3 is 0 Å². The number of hydrogen-bond donors (Lipinski definition) is 2. The minimum Gasteiger partial charge on any atom is -0.354 e. The Morgan fingerprint density at radius 3 is 2.28 bits per heavy atom. The molecule has 0 aliphatic heterocycles. The molecule has 0 saturated heterocycles. The Kier molecular flexibility index (Phi) is 4.65. The monoisotopic (exact) mass is 343 g/mol. The number of pyridine rings is 1. The highest BCUT2D eigenvalue weighted by molar-refractivity contribution is 6.04. The highest BCUT2D eigenvalue weighted by atomic mass is 19.2. The summed E-state index contributed by atoms with van der Waals surface area (Å²) in [6, 6.07) is 14.1. The van der Waals surface area contributed by atoms with E-state index < -0.39 is 28.9 Å². The fraction of sp³-hybridized carbons (Fsp3) is 0. The van der Waals surface area contributed by atoms with E-state index in [1.54, 1.807) is 6.07 Å². The molecule has 3 aromatic rings. The number of carbonyl (C=O) groups is 1. The summed E-state index contributed by atoms with van der Waals surface area (Å²) >= 11 is 0. The Labute approximate surface area is 141 Å². The molecule has 0 bridgehead atoms. The average molecular weight is 343 g/mol. The number of hydrogen-bond acceptors (Lipinski definition) is 3. The smallest absolute Gasteiger partial charge is 0.259 e. The average Bonchev–Trinajstić information content (AvgIpc) is 2.62. The van der Waals surface area contributed by atoms with Gasteiger partial charge in [0, 0.05) is 5.69 Å². The molecule has 0 aliphatic carbocycles. The van der Waals surface area contributed by atoms with E-state index in [0.29, 0.717) is 11.8 Å². The van der Waals surface area contributed by atoms with Gasteiger partial charge in [-0.3, -0.25) is 4.79 Å². The molecule has 3 rings (SSSR count). The first-order chi connectivity index (χ1) is 12.0. The molecule has 1 heterocycles. The molecule has 0 unspecified atom stereocenters. The third-order valence-corrected chi connectivity index (χ3v) is 3.35. The van der Waals surface area contributed by atoms with Gasteiger partial charge in [-0.15, -0.1) is 0 Å². The third-order valence-electron chi connectivity index (χ3n) is 3.35. The predicted octanol–water partition coefficient (Wildman–Crippen LogP) is 4.49. The summed E-state index contributed by atoms with van der Waals surface area (Å²) in [5.74, 6) is -5.37. The zero-order chi connectivity index (χ0) is 17.8. The highest BCUT2D eigenvalue weighted by Gasteiger charge is 2.19.